The molecule has 1 heterocycles. The van der Waals surface area contributed by atoms with E-state index in [2.05, 4.69) is 17.1 Å². The smallest absolute Gasteiger partial charge is 0.0593 e. The van der Waals surface area contributed by atoms with Gasteiger partial charge < -0.3 is 15.0 Å². The van der Waals surface area contributed by atoms with Crippen LogP contribution in [0.4, 0.5) is 0 Å². The third-order valence-electron chi connectivity index (χ3n) is 3.84. The second-order valence-electron chi connectivity index (χ2n) is 5.60. The minimum atomic E-state index is 0.862. The van der Waals surface area contributed by atoms with Crippen LogP contribution in [0.2, 0.25) is 0 Å². The molecule has 0 aromatic rings. The Bertz CT molecular complexity index is 206. The Morgan fingerprint density at radius 3 is 2.88 bits per heavy atom. The average Bonchev–Trinajstić information content (AvgIpc) is 3.06. The van der Waals surface area contributed by atoms with Crippen molar-refractivity contribution < 1.29 is 4.74 Å². The Hall–Kier alpha value is -0.120. The quantitative estimate of drug-likeness (QED) is 0.623. The summed E-state index contributed by atoms with van der Waals surface area (Å²) in [6, 6.07) is 0.862. The third kappa shape index (κ3) is 5.36. The first-order valence-corrected chi connectivity index (χ1v) is 7.42. The monoisotopic (exact) mass is 240 g/mol. The first kappa shape index (κ1) is 13.3. The zero-order valence-corrected chi connectivity index (χ0v) is 11.3. The number of hydrogen-bond donors (Lipinski definition) is 1. The van der Waals surface area contributed by atoms with E-state index < -0.39 is 0 Å². The van der Waals surface area contributed by atoms with Gasteiger partial charge >= 0.3 is 0 Å². The summed E-state index contributed by atoms with van der Waals surface area (Å²) in [5.74, 6) is 0.881. The number of ether oxygens (including phenoxy) is 1. The highest BCUT2D eigenvalue weighted by molar-refractivity contribution is 4.84. The van der Waals surface area contributed by atoms with E-state index in [0.29, 0.717) is 0 Å². The number of likely N-dealkylation sites (tertiary alicyclic amines) is 1. The molecule has 1 atom stereocenters. The molecule has 2 aliphatic rings. The lowest BCUT2D eigenvalue weighted by molar-refractivity contribution is 0.108. The molecule has 1 aliphatic heterocycles. The van der Waals surface area contributed by atoms with Crippen LogP contribution in [-0.2, 0) is 4.74 Å². The van der Waals surface area contributed by atoms with Crippen LogP contribution in [0.1, 0.15) is 39.0 Å². The van der Waals surface area contributed by atoms with E-state index in [-0.39, 0.29) is 0 Å². The van der Waals surface area contributed by atoms with E-state index in [9.17, 15) is 0 Å². The summed E-state index contributed by atoms with van der Waals surface area (Å²) in [5, 5.41) is 3.65. The highest BCUT2D eigenvalue weighted by atomic mass is 16.5. The van der Waals surface area contributed by atoms with Gasteiger partial charge in [0, 0.05) is 25.7 Å². The average molecular weight is 240 g/mol. The Balaban J connectivity index is 1.45. The SMILES string of the molecule is CCCCOCCN1CCC(CNC2CC2)C1. The molecule has 0 spiro atoms. The van der Waals surface area contributed by atoms with Crippen molar-refractivity contribution in [2.75, 3.05) is 39.4 Å². The van der Waals surface area contributed by atoms with Gasteiger partial charge in [0.25, 0.3) is 0 Å². The molecule has 0 radical (unpaired) electrons. The van der Waals surface area contributed by atoms with Gasteiger partial charge in [0.15, 0.2) is 0 Å². The maximum absolute atomic E-state index is 5.62. The summed E-state index contributed by atoms with van der Waals surface area (Å²) in [5.41, 5.74) is 0. The lowest BCUT2D eigenvalue weighted by Crippen LogP contribution is -2.29. The predicted octanol–water partition coefficient (Wildman–Crippen LogP) is 1.88. The van der Waals surface area contributed by atoms with Gasteiger partial charge in [-0.05, 0) is 44.7 Å². The first-order chi connectivity index (χ1) is 8.38. The molecule has 1 N–H and O–H groups in total. The molecule has 0 amide bonds. The Morgan fingerprint density at radius 1 is 1.24 bits per heavy atom. The largest absolute Gasteiger partial charge is 0.380 e. The normalized spacial score (nSPS) is 25.6. The number of hydrogen-bond acceptors (Lipinski definition) is 3. The van der Waals surface area contributed by atoms with Crippen molar-refractivity contribution in [3.63, 3.8) is 0 Å². The maximum atomic E-state index is 5.62. The molecule has 2 rings (SSSR count). The predicted molar refractivity (Wildman–Crippen MR) is 71.3 cm³/mol. The molecule has 17 heavy (non-hydrogen) atoms. The topological polar surface area (TPSA) is 24.5 Å². The molecule has 100 valence electrons. The van der Waals surface area contributed by atoms with E-state index >= 15 is 0 Å². The number of nitrogens with one attached hydrogen (secondary N) is 1. The van der Waals surface area contributed by atoms with Crippen molar-refractivity contribution in [1.82, 2.24) is 10.2 Å². The summed E-state index contributed by atoms with van der Waals surface area (Å²) < 4.78 is 5.62. The van der Waals surface area contributed by atoms with Crippen LogP contribution in [0.5, 0.6) is 0 Å². The van der Waals surface area contributed by atoms with Crippen molar-refractivity contribution in [1.29, 1.82) is 0 Å². The minimum absolute atomic E-state index is 0.862. The van der Waals surface area contributed by atoms with Crippen molar-refractivity contribution in [3.05, 3.63) is 0 Å². The van der Waals surface area contributed by atoms with Crippen molar-refractivity contribution in [3.8, 4) is 0 Å². The van der Waals surface area contributed by atoms with Gasteiger partial charge in [0.2, 0.25) is 0 Å². The molecule has 1 unspecified atom stereocenters. The van der Waals surface area contributed by atoms with Crippen LogP contribution in [0, 0.1) is 5.92 Å². The molecule has 3 nitrogen and oxygen atoms in total. The molecular formula is C14H28N2O. The molecule has 3 heteroatoms. The van der Waals surface area contributed by atoms with Gasteiger partial charge in [-0.2, -0.15) is 0 Å². The van der Waals surface area contributed by atoms with Crippen LogP contribution < -0.4 is 5.32 Å². The van der Waals surface area contributed by atoms with Crippen LogP contribution in [0.3, 0.4) is 0 Å². The zero-order valence-electron chi connectivity index (χ0n) is 11.3. The van der Waals surface area contributed by atoms with Gasteiger partial charge in [-0.15, -0.1) is 0 Å². The highest BCUT2D eigenvalue weighted by Gasteiger charge is 2.25. The van der Waals surface area contributed by atoms with Crippen LogP contribution in [0.25, 0.3) is 0 Å². The van der Waals surface area contributed by atoms with Crippen molar-refractivity contribution in [2.24, 2.45) is 5.92 Å². The lowest BCUT2D eigenvalue weighted by atomic mass is 10.1. The van der Waals surface area contributed by atoms with Crippen LogP contribution >= 0.6 is 0 Å². The number of rotatable bonds is 9. The number of unbranched alkanes of at least 4 members (excludes halogenated alkanes) is 1. The summed E-state index contributed by atoms with van der Waals surface area (Å²) in [7, 11) is 0. The summed E-state index contributed by atoms with van der Waals surface area (Å²) in [6.07, 6.45) is 6.62. The summed E-state index contributed by atoms with van der Waals surface area (Å²) in [4.78, 5) is 2.56. The molecular weight excluding hydrogens is 212 g/mol. The second-order valence-corrected chi connectivity index (χ2v) is 5.60. The molecule has 2 fully saturated rings. The summed E-state index contributed by atoms with van der Waals surface area (Å²) >= 11 is 0. The van der Waals surface area contributed by atoms with E-state index in [1.165, 1.54) is 51.7 Å². The first-order valence-electron chi connectivity index (χ1n) is 7.42. The van der Waals surface area contributed by atoms with E-state index in [0.717, 1.165) is 31.7 Å². The van der Waals surface area contributed by atoms with Gasteiger partial charge in [-0.3, -0.25) is 0 Å². The van der Waals surface area contributed by atoms with E-state index in [1.807, 2.05) is 0 Å². The minimum Gasteiger partial charge on any atom is -0.380 e. The van der Waals surface area contributed by atoms with Gasteiger partial charge in [-0.25, -0.2) is 0 Å². The van der Waals surface area contributed by atoms with Crippen molar-refractivity contribution in [2.45, 2.75) is 45.1 Å². The fourth-order valence-corrected chi connectivity index (χ4v) is 2.45. The standard InChI is InChI=1S/C14H28N2O/c1-2-3-9-17-10-8-16-7-6-13(12-16)11-15-14-4-5-14/h13-15H,2-12H2,1H3. The van der Waals surface area contributed by atoms with Gasteiger partial charge in [0.05, 0.1) is 6.61 Å². The lowest BCUT2D eigenvalue weighted by Gasteiger charge is -2.16. The van der Waals surface area contributed by atoms with Crippen LogP contribution in [0.15, 0.2) is 0 Å². The Labute approximate surface area is 106 Å². The fourth-order valence-electron chi connectivity index (χ4n) is 2.45. The molecule has 1 saturated heterocycles. The second kappa shape index (κ2) is 7.34. The van der Waals surface area contributed by atoms with E-state index in [4.69, 9.17) is 4.74 Å². The summed E-state index contributed by atoms with van der Waals surface area (Å²) in [6.45, 7) is 8.98. The van der Waals surface area contributed by atoms with Crippen molar-refractivity contribution >= 4 is 0 Å². The molecule has 0 bridgehead atoms. The van der Waals surface area contributed by atoms with Crippen LogP contribution in [-0.4, -0.2) is 50.3 Å². The fraction of sp³-hybridized carbons (Fsp3) is 1.00. The van der Waals surface area contributed by atoms with Gasteiger partial charge in [0.1, 0.15) is 0 Å². The molecule has 1 aliphatic carbocycles. The zero-order chi connectivity index (χ0) is 11.9. The third-order valence-corrected chi connectivity index (χ3v) is 3.84. The highest BCUT2D eigenvalue weighted by Crippen LogP contribution is 2.21. The van der Waals surface area contributed by atoms with E-state index in [1.54, 1.807) is 0 Å². The van der Waals surface area contributed by atoms with Gasteiger partial charge in [-0.1, -0.05) is 13.3 Å². The Kier molecular flexibility index (Phi) is 5.75. The molecule has 0 aromatic carbocycles. The Morgan fingerprint density at radius 2 is 2.12 bits per heavy atom. The molecule has 0 aromatic heterocycles. The number of nitrogens with zero attached hydrogens (tertiary/aromatic N) is 1. The maximum Gasteiger partial charge on any atom is 0.0593 e. The molecule has 1 saturated carbocycles.